The second-order valence-corrected chi connectivity index (χ2v) is 9.68. The number of hydrogen-bond acceptors (Lipinski definition) is 3. The van der Waals surface area contributed by atoms with Crippen LogP contribution in [-0.2, 0) is 6.54 Å². The second-order valence-electron chi connectivity index (χ2n) is 9.29. The third-order valence-corrected chi connectivity index (χ3v) is 7.44. The van der Waals surface area contributed by atoms with Gasteiger partial charge in [-0.25, -0.2) is 4.79 Å². The molecule has 1 aliphatic rings. The Morgan fingerprint density at radius 3 is 2.03 bits per heavy atom. The molecule has 0 atom stereocenters. The SMILES string of the molecule is O=c1n(CCCO)c2ccccc2n1C1CCN(C(=S)NC(c2ccccc2)c2ccccc2)CC1. The Kier molecular flexibility index (Phi) is 7.49. The molecule has 1 fully saturated rings. The topological polar surface area (TPSA) is 62.4 Å². The number of aliphatic hydroxyl groups excluding tert-OH is 1. The Balaban J connectivity index is 1.32. The van der Waals surface area contributed by atoms with Crippen LogP contribution in [0.3, 0.4) is 0 Å². The summed E-state index contributed by atoms with van der Waals surface area (Å²) in [5.74, 6) is 0. The average molecular weight is 501 g/mol. The van der Waals surface area contributed by atoms with E-state index in [4.69, 9.17) is 12.2 Å². The fraction of sp³-hybridized carbons (Fsp3) is 0.310. The predicted octanol–water partition coefficient (Wildman–Crippen LogP) is 4.49. The van der Waals surface area contributed by atoms with Crippen molar-refractivity contribution >= 4 is 28.4 Å². The number of likely N-dealkylation sites (tertiary alicyclic amines) is 1. The van der Waals surface area contributed by atoms with Gasteiger partial charge in [0.25, 0.3) is 0 Å². The molecule has 1 saturated heterocycles. The molecule has 0 saturated carbocycles. The molecule has 186 valence electrons. The maximum Gasteiger partial charge on any atom is 0.329 e. The number of para-hydroxylation sites is 2. The molecular weight excluding hydrogens is 468 g/mol. The molecule has 3 aromatic carbocycles. The largest absolute Gasteiger partial charge is 0.396 e. The minimum Gasteiger partial charge on any atom is -0.396 e. The number of fused-ring (bicyclic) bond motifs is 1. The highest BCUT2D eigenvalue weighted by molar-refractivity contribution is 7.80. The molecule has 0 radical (unpaired) electrons. The van der Waals surface area contributed by atoms with E-state index in [0.29, 0.717) is 13.0 Å². The van der Waals surface area contributed by atoms with Gasteiger partial charge in [0.05, 0.1) is 17.1 Å². The van der Waals surface area contributed by atoms with Gasteiger partial charge < -0.3 is 15.3 Å². The summed E-state index contributed by atoms with van der Waals surface area (Å²) in [6, 6.07) is 28.8. The molecule has 1 aliphatic heterocycles. The number of imidazole rings is 1. The summed E-state index contributed by atoms with van der Waals surface area (Å²) in [4.78, 5) is 15.6. The van der Waals surface area contributed by atoms with Crippen molar-refractivity contribution in [2.75, 3.05) is 19.7 Å². The first-order valence-corrected chi connectivity index (χ1v) is 13.0. The molecule has 5 rings (SSSR count). The summed E-state index contributed by atoms with van der Waals surface area (Å²) < 4.78 is 3.76. The van der Waals surface area contributed by atoms with Gasteiger partial charge in [-0.2, -0.15) is 0 Å². The normalized spacial score (nSPS) is 14.4. The number of aliphatic hydroxyl groups is 1. The van der Waals surface area contributed by atoms with Crippen LogP contribution >= 0.6 is 12.2 Å². The Morgan fingerprint density at radius 1 is 0.889 bits per heavy atom. The Hall–Kier alpha value is -3.42. The van der Waals surface area contributed by atoms with Crippen molar-refractivity contribution in [1.29, 1.82) is 0 Å². The lowest BCUT2D eigenvalue weighted by Gasteiger charge is -2.35. The van der Waals surface area contributed by atoms with Crippen LogP contribution in [0, 0.1) is 0 Å². The molecule has 2 N–H and O–H groups in total. The maximum atomic E-state index is 13.4. The molecule has 1 aromatic heterocycles. The highest BCUT2D eigenvalue weighted by Gasteiger charge is 2.27. The van der Waals surface area contributed by atoms with E-state index in [9.17, 15) is 9.90 Å². The fourth-order valence-corrected chi connectivity index (χ4v) is 5.52. The highest BCUT2D eigenvalue weighted by Crippen LogP contribution is 2.27. The van der Waals surface area contributed by atoms with E-state index in [1.807, 2.05) is 41.0 Å². The first-order valence-electron chi connectivity index (χ1n) is 12.6. The smallest absolute Gasteiger partial charge is 0.329 e. The number of rotatable bonds is 7. The quantitative estimate of drug-likeness (QED) is 0.366. The Labute approximate surface area is 216 Å². The maximum absolute atomic E-state index is 13.4. The van der Waals surface area contributed by atoms with Crippen molar-refractivity contribution in [3.8, 4) is 0 Å². The van der Waals surface area contributed by atoms with E-state index in [0.717, 1.165) is 42.1 Å². The second kappa shape index (κ2) is 11.1. The summed E-state index contributed by atoms with van der Waals surface area (Å²) in [5.41, 5.74) is 4.25. The van der Waals surface area contributed by atoms with Gasteiger partial charge in [-0.1, -0.05) is 72.8 Å². The third kappa shape index (κ3) is 4.94. The van der Waals surface area contributed by atoms with Crippen molar-refractivity contribution in [3.05, 3.63) is 107 Å². The van der Waals surface area contributed by atoms with Gasteiger partial charge in [0, 0.05) is 32.3 Å². The van der Waals surface area contributed by atoms with Gasteiger partial charge in [0.15, 0.2) is 5.11 Å². The van der Waals surface area contributed by atoms with Gasteiger partial charge in [0.1, 0.15) is 0 Å². The number of thiocarbonyl (C=S) groups is 1. The fourth-order valence-electron chi connectivity index (χ4n) is 5.22. The van der Waals surface area contributed by atoms with Gasteiger partial charge in [-0.3, -0.25) is 9.13 Å². The van der Waals surface area contributed by atoms with E-state index >= 15 is 0 Å². The lowest BCUT2D eigenvalue weighted by atomic mass is 9.99. The van der Waals surface area contributed by atoms with Crippen molar-refractivity contribution in [1.82, 2.24) is 19.4 Å². The van der Waals surface area contributed by atoms with Gasteiger partial charge >= 0.3 is 5.69 Å². The number of hydrogen-bond donors (Lipinski definition) is 2. The molecule has 4 aromatic rings. The summed E-state index contributed by atoms with van der Waals surface area (Å²) >= 11 is 5.88. The van der Waals surface area contributed by atoms with E-state index in [2.05, 4.69) is 58.7 Å². The van der Waals surface area contributed by atoms with Gasteiger partial charge in [-0.15, -0.1) is 0 Å². The van der Waals surface area contributed by atoms with Gasteiger partial charge in [-0.05, 0) is 54.7 Å². The van der Waals surface area contributed by atoms with E-state index in [1.165, 1.54) is 11.1 Å². The van der Waals surface area contributed by atoms with Crippen LogP contribution in [0.1, 0.15) is 42.5 Å². The van der Waals surface area contributed by atoms with Crippen molar-refractivity contribution in [2.45, 2.75) is 37.9 Å². The predicted molar refractivity (Wildman–Crippen MR) is 148 cm³/mol. The van der Waals surface area contributed by atoms with Crippen molar-refractivity contribution in [3.63, 3.8) is 0 Å². The number of piperidine rings is 1. The molecule has 0 bridgehead atoms. The van der Waals surface area contributed by atoms with Crippen LogP contribution in [0.25, 0.3) is 11.0 Å². The van der Waals surface area contributed by atoms with E-state index in [-0.39, 0.29) is 24.4 Å². The van der Waals surface area contributed by atoms with Crippen LogP contribution < -0.4 is 11.0 Å². The molecule has 0 unspecified atom stereocenters. The zero-order valence-electron chi connectivity index (χ0n) is 20.3. The lowest BCUT2D eigenvalue weighted by molar-refractivity contribution is 0.260. The molecular formula is C29H32N4O2S. The standard InChI is InChI=1S/C29H32N4O2S/c34-21-9-18-32-25-14-7-8-15-26(25)33(29(32)35)24-16-19-31(20-17-24)28(36)30-27(22-10-3-1-4-11-22)23-12-5-2-6-13-23/h1-8,10-15,24,27,34H,9,16-21H2,(H,30,36). The number of nitrogens with zero attached hydrogens (tertiary/aromatic N) is 3. The van der Waals surface area contributed by atoms with Crippen LogP contribution in [0.2, 0.25) is 0 Å². The Morgan fingerprint density at radius 2 is 1.44 bits per heavy atom. The van der Waals surface area contributed by atoms with Crippen LogP contribution in [0.4, 0.5) is 0 Å². The molecule has 0 aliphatic carbocycles. The first-order chi connectivity index (χ1) is 17.7. The molecule has 0 amide bonds. The summed E-state index contributed by atoms with van der Waals surface area (Å²) in [5, 5.41) is 13.6. The van der Waals surface area contributed by atoms with Crippen LogP contribution in [0.15, 0.2) is 89.7 Å². The average Bonchev–Trinajstić information content (AvgIpc) is 3.22. The molecule has 2 heterocycles. The highest BCUT2D eigenvalue weighted by atomic mass is 32.1. The van der Waals surface area contributed by atoms with E-state index < -0.39 is 0 Å². The van der Waals surface area contributed by atoms with Crippen molar-refractivity contribution < 1.29 is 5.11 Å². The number of nitrogens with one attached hydrogen (secondary N) is 1. The number of aryl methyl sites for hydroxylation is 1. The van der Waals surface area contributed by atoms with Crippen molar-refractivity contribution in [2.24, 2.45) is 0 Å². The zero-order chi connectivity index (χ0) is 24.9. The first kappa shape index (κ1) is 24.3. The number of benzene rings is 3. The third-order valence-electron chi connectivity index (χ3n) is 7.06. The summed E-state index contributed by atoms with van der Waals surface area (Å²) in [7, 11) is 0. The Bertz CT molecular complexity index is 1320. The molecule has 0 spiro atoms. The minimum atomic E-state index is -0.0234. The van der Waals surface area contributed by atoms with Crippen LogP contribution in [-0.4, -0.2) is 43.9 Å². The zero-order valence-corrected chi connectivity index (χ0v) is 21.1. The monoisotopic (exact) mass is 500 g/mol. The lowest BCUT2D eigenvalue weighted by Crippen LogP contribution is -2.46. The molecule has 36 heavy (non-hydrogen) atoms. The summed E-state index contributed by atoms with van der Waals surface area (Å²) in [6.45, 7) is 2.17. The number of aromatic nitrogens is 2. The van der Waals surface area contributed by atoms with Crippen LogP contribution in [0.5, 0.6) is 0 Å². The molecule has 7 heteroatoms. The van der Waals surface area contributed by atoms with Gasteiger partial charge in [0.2, 0.25) is 0 Å². The minimum absolute atomic E-state index is 0.0111. The van der Waals surface area contributed by atoms with E-state index in [1.54, 1.807) is 4.57 Å². The molecule has 6 nitrogen and oxygen atoms in total. The summed E-state index contributed by atoms with van der Waals surface area (Å²) in [6.07, 6.45) is 2.25.